The Morgan fingerprint density at radius 3 is 2.54 bits per heavy atom. The van der Waals surface area contributed by atoms with Gasteiger partial charge in [-0.25, -0.2) is 0 Å². The maximum Gasteiger partial charge on any atom is 0.255 e. The zero-order valence-electron chi connectivity index (χ0n) is 15.8. The highest BCUT2D eigenvalue weighted by Gasteiger charge is 2.25. The number of nitrogens with one attached hydrogen (secondary N) is 2. The van der Waals surface area contributed by atoms with E-state index in [9.17, 15) is 9.59 Å². The van der Waals surface area contributed by atoms with E-state index < -0.39 is 6.04 Å². The SMILES string of the molecule is COc1ccccc1C(=O)N[C@@H](CCSC)C(=O)NC1CCCCCC1. The predicted octanol–water partition coefficient (Wildman–Crippen LogP) is 3.39. The molecule has 1 saturated carbocycles. The molecular weight excluding hydrogens is 348 g/mol. The largest absolute Gasteiger partial charge is 0.496 e. The third-order valence-electron chi connectivity index (χ3n) is 4.79. The van der Waals surface area contributed by atoms with Crippen molar-refractivity contribution in [3.05, 3.63) is 29.8 Å². The molecule has 1 aromatic rings. The van der Waals surface area contributed by atoms with E-state index in [2.05, 4.69) is 10.6 Å². The van der Waals surface area contributed by atoms with E-state index in [1.54, 1.807) is 30.0 Å². The quantitative estimate of drug-likeness (QED) is 0.681. The third kappa shape index (κ3) is 6.24. The Morgan fingerprint density at radius 1 is 1.19 bits per heavy atom. The van der Waals surface area contributed by atoms with Crippen molar-refractivity contribution in [2.24, 2.45) is 0 Å². The number of ether oxygens (including phenoxy) is 1. The summed E-state index contributed by atoms with van der Waals surface area (Å²) in [6.45, 7) is 0. The second-order valence-electron chi connectivity index (χ2n) is 6.70. The first-order valence-electron chi connectivity index (χ1n) is 9.39. The highest BCUT2D eigenvalue weighted by atomic mass is 32.2. The van der Waals surface area contributed by atoms with Gasteiger partial charge in [-0.15, -0.1) is 0 Å². The lowest BCUT2D eigenvalue weighted by atomic mass is 10.1. The van der Waals surface area contributed by atoms with Gasteiger partial charge in [0, 0.05) is 6.04 Å². The van der Waals surface area contributed by atoms with E-state index in [-0.39, 0.29) is 17.9 Å². The van der Waals surface area contributed by atoms with Gasteiger partial charge in [0.2, 0.25) is 5.91 Å². The van der Waals surface area contributed by atoms with Gasteiger partial charge >= 0.3 is 0 Å². The second kappa shape index (κ2) is 11.1. The number of para-hydroxylation sites is 1. The first-order valence-corrected chi connectivity index (χ1v) is 10.8. The number of carbonyl (C=O) groups is 2. The van der Waals surface area contributed by atoms with Crippen LogP contribution >= 0.6 is 11.8 Å². The van der Waals surface area contributed by atoms with Crippen LogP contribution in [0.25, 0.3) is 0 Å². The third-order valence-corrected chi connectivity index (χ3v) is 5.43. The van der Waals surface area contributed by atoms with Gasteiger partial charge in [0.25, 0.3) is 5.91 Å². The molecule has 0 aromatic heterocycles. The number of amides is 2. The lowest BCUT2D eigenvalue weighted by Crippen LogP contribution is -2.49. The minimum atomic E-state index is -0.525. The van der Waals surface area contributed by atoms with E-state index in [0.29, 0.717) is 17.7 Å². The van der Waals surface area contributed by atoms with Crippen molar-refractivity contribution in [3.63, 3.8) is 0 Å². The molecule has 0 heterocycles. The van der Waals surface area contributed by atoms with E-state index in [4.69, 9.17) is 4.74 Å². The number of carbonyl (C=O) groups excluding carboxylic acids is 2. The predicted molar refractivity (Wildman–Crippen MR) is 107 cm³/mol. The van der Waals surface area contributed by atoms with Crippen LogP contribution in [0.1, 0.15) is 55.3 Å². The Hall–Kier alpha value is -1.69. The smallest absolute Gasteiger partial charge is 0.255 e. The molecular formula is C20H30N2O3S. The zero-order chi connectivity index (χ0) is 18.8. The molecule has 5 nitrogen and oxygen atoms in total. The summed E-state index contributed by atoms with van der Waals surface area (Å²) in [5.41, 5.74) is 0.450. The van der Waals surface area contributed by atoms with Crippen molar-refractivity contribution in [1.29, 1.82) is 0 Å². The summed E-state index contributed by atoms with van der Waals surface area (Å²) < 4.78 is 5.26. The highest BCUT2D eigenvalue weighted by Crippen LogP contribution is 2.19. The maximum atomic E-state index is 12.8. The van der Waals surface area contributed by atoms with E-state index in [1.807, 2.05) is 12.3 Å². The fraction of sp³-hybridized carbons (Fsp3) is 0.600. The summed E-state index contributed by atoms with van der Waals surface area (Å²) in [5, 5.41) is 6.06. The molecule has 1 fully saturated rings. The molecule has 0 aliphatic heterocycles. The summed E-state index contributed by atoms with van der Waals surface area (Å²) in [6.07, 6.45) is 9.48. The van der Waals surface area contributed by atoms with Crippen LogP contribution in [0, 0.1) is 0 Å². The minimum Gasteiger partial charge on any atom is -0.496 e. The molecule has 0 spiro atoms. The molecule has 0 radical (unpaired) electrons. The first kappa shape index (κ1) is 20.6. The normalized spacial score (nSPS) is 16.4. The van der Waals surface area contributed by atoms with Crippen LogP contribution in [-0.2, 0) is 4.79 Å². The minimum absolute atomic E-state index is 0.0748. The highest BCUT2D eigenvalue weighted by molar-refractivity contribution is 7.98. The molecule has 2 N–H and O–H groups in total. The monoisotopic (exact) mass is 378 g/mol. The lowest BCUT2D eigenvalue weighted by molar-refractivity contribution is -0.123. The van der Waals surface area contributed by atoms with Gasteiger partial charge in [0.05, 0.1) is 12.7 Å². The summed E-state index contributed by atoms with van der Waals surface area (Å²) in [5.74, 6) is 0.978. The van der Waals surface area contributed by atoms with Gasteiger partial charge < -0.3 is 15.4 Å². The number of hydrogen-bond acceptors (Lipinski definition) is 4. The van der Waals surface area contributed by atoms with Crippen LogP contribution in [-0.4, -0.2) is 43.0 Å². The van der Waals surface area contributed by atoms with Crippen LogP contribution in [0.2, 0.25) is 0 Å². The number of rotatable bonds is 8. The fourth-order valence-corrected chi connectivity index (χ4v) is 3.77. The summed E-state index contributed by atoms with van der Waals surface area (Å²) in [7, 11) is 1.54. The summed E-state index contributed by atoms with van der Waals surface area (Å²) >= 11 is 1.67. The van der Waals surface area contributed by atoms with Crippen LogP contribution in [0.3, 0.4) is 0 Å². The molecule has 6 heteroatoms. The first-order chi connectivity index (χ1) is 12.7. The Morgan fingerprint density at radius 2 is 1.88 bits per heavy atom. The Kier molecular flexibility index (Phi) is 8.81. The van der Waals surface area contributed by atoms with Crippen molar-refractivity contribution in [2.45, 2.75) is 57.0 Å². The molecule has 2 rings (SSSR count). The van der Waals surface area contributed by atoms with E-state index >= 15 is 0 Å². The molecule has 1 aliphatic rings. The average molecular weight is 379 g/mol. The van der Waals surface area contributed by atoms with Crippen molar-refractivity contribution in [2.75, 3.05) is 19.1 Å². The van der Waals surface area contributed by atoms with Crippen molar-refractivity contribution in [1.82, 2.24) is 10.6 Å². The van der Waals surface area contributed by atoms with Gasteiger partial charge in [-0.05, 0) is 43.4 Å². The van der Waals surface area contributed by atoms with Crippen molar-refractivity contribution < 1.29 is 14.3 Å². The lowest BCUT2D eigenvalue weighted by Gasteiger charge is -2.23. The van der Waals surface area contributed by atoms with Crippen LogP contribution < -0.4 is 15.4 Å². The van der Waals surface area contributed by atoms with Gasteiger partial charge in [-0.1, -0.05) is 37.8 Å². The maximum absolute atomic E-state index is 12.8. The Bertz CT molecular complexity index is 586. The molecule has 2 amide bonds. The van der Waals surface area contributed by atoms with Crippen molar-refractivity contribution >= 4 is 23.6 Å². The number of thioether (sulfide) groups is 1. The van der Waals surface area contributed by atoms with E-state index in [1.165, 1.54) is 20.0 Å². The van der Waals surface area contributed by atoms with Gasteiger partial charge in [-0.2, -0.15) is 11.8 Å². The average Bonchev–Trinajstić information content (AvgIpc) is 2.93. The van der Waals surface area contributed by atoms with Crippen LogP contribution in [0.5, 0.6) is 5.75 Å². The molecule has 0 bridgehead atoms. The standard InChI is InChI=1S/C20H30N2O3S/c1-25-18-12-8-7-11-16(18)19(23)22-17(13-14-26-2)20(24)21-15-9-5-3-4-6-10-15/h7-8,11-12,15,17H,3-6,9-10,13-14H2,1-2H3,(H,21,24)(H,22,23)/t17-/m0/s1. The molecule has 0 unspecified atom stereocenters. The van der Waals surface area contributed by atoms with Crippen LogP contribution in [0.4, 0.5) is 0 Å². The molecule has 144 valence electrons. The fourth-order valence-electron chi connectivity index (χ4n) is 3.30. The molecule has 26 heavy (non-hydrogen) atoms. The number of hydrogen-bond donors (Lipinski definition) is 2. The number of methoxy groups -OCH3 is 1. The number of benzene rings is 1. The molecule has 1 aromatic carbocycles. The Labute approximate surface area is 160 Å². The molecule has 1 aliphatic carbocycles. The molecule has 0 saturated heterocycles. The molecule has 1 atom stereocenters. The second-order valence-corrected chi connectivity index (χ2v) is 7.69. The van der Waals surface area contributed by atoms with Gasteiger partial charge in [0.15, 0.2) is 0 Å². The Balaban J connectivity index is 2.03. The summed E-state index contributed by atoms with van der Waals surface area (Å²) in [6, 6.07) is 6.77. The zero-order valence-corrected chi connectivity index (χ0v) is 16.6. The van der Waals surface area contributed by atoms with Crippen molar-refractivity contribution in [3.8, 4) is 5.75 Å². The topological polar surface area (TPSA) is 67.4 Å². The van der Waals surface area contributed by atoms with Gasteiger partial charge in [-0.3, -0.25) is 9.59 Å². The van der Waals surface area contributed by atoms with Gasteiger partial charge in [0.1, 0.15) is 11.8 Å². The van der Waals surface area contributed by atoms with E-state index in [0.717, 1.165) is 31.4 Å². The van der Waals surface area contributed by atoms with Crippen LogP contribution in [0.15, 0.2) is 24.3 Å². The summed E-state index contributed by atoms with van der Waals surface area (Å²) in [4.78, 5) is 25.5.